The third-order valence-corrected chi connectivity index (χ3v) is 4.04. The molecule has 1 N–H and O–H groups in total. The molecule has 0 saturated carbocycles. The third-order valence-electron chi connectivity index (χ3n) is 3.56. The van der Waals surface area contributed by atoms with E-state index < -0.39 is 27.1 Å². The third kappa shape index (κ3) is 8.64. The number of benzene rings is 2. The summed E-state index contributed by atoms with van der Waals surface area (Å²) in [6, 6.07) is 10.2. The summed E-state index contributed by atoms with van der Waals surface area (Å²) in [5.74, 6) is -1.31. The Kier molecular flexibility index (Phi) is 7.82. The first-order chi connectivity index (χ1) is 14.5. The standard InChI is InChI=1S/C19H17NO10S/c1-13(21)29-17-5-6-18(16(11-17)7-8-31(25,26)27)30-19(22)10-14-3-2-4-15(9-14)12-28-20(23)24/h2-9,11H,10,12H2,1H3,(H,25,26,27). The minimum atomic E-state index is -4.46. The first kappa shape index (κ1) is 23.5. The van der Waals surface area contributed by atoms with Gasteiger partial charge in [-0.3, -0.25) is 14.1 Å². The van der Waals surface area contributed by atoms with Gasteiger partial charge in [0.1, 0.15) is 18.1 Å². The SMILES string of the molecule is CC(=O)Oc1ccc(OC(=O)Cc2cccc(CO[N+](=O)[O-])c2)c(C=CS(=O)(=O)O)c1. The molecule has 0 aromatic heterocycles. The van der Waals surface area contributed by atoms with E-state index in [1.54, 1.807) is 18.2 Å². The number of rotatable bonds is 9. The predicted molar refractivity (Wildman–Crippen MR) is 106 cm³/mol. The number of hydrogen-bond acceptors (Lipinski definition) is 9. The van der Waals surface area contributed by atoms with Crippen molar-refractivity contribution in [3.8, 4) is 11.5 Å². The summed E-state index contributed by atoms with van der Waals surface area (Å²) in [4.78, 5) is 38.0. The molecule has 0 aliphatic rings. The fourth-order valence-electron chi connectivity index (χ4n) is 2.42. The van der Waals surface area contributed by atoms with Crippen LogP contribution in [0.25, 0.3) is 6.08 Å². The van der Waals surface area contributed by atoms with Crippen molar-refractivity contribution in [2.45, 2.75) is 20.0 Å². The maximum absolute atomic E-state index is 12.3. The molecule has 0 aliphatic carbocycles. The molecule has 0 saturated heterocycles. The number of esters is 2. The fourth-order valence-corrected chi connectivity index (χ4v) is 2.74. The quantitative estimate of drug-likeness (QED) is 0.197. The van der Waals surface area contributed by atoms with Gasteiger partial charge in [-0.25, -0.2) is 0 Å². The number of carbonyl (C=O) groups is 2. The molecule has 0 bridgehead atoms. The van der Waals surface area contributed by atoms with Crippen molar-refractivity contribution < 1.29 is 42.0 Å². The van der Waals surface area contributed by atoms with Gasteiger partial charge in [-0.05, 0) is 35.4 Å². The van der Waals surface area contributed by atoms with Gasteiger partial charge in [-0.2, -0.15) is 8.42 Å². The summed E-state index contributed by atoms with van der Waals surface area (Å²) < 4.78 is 41.1. The van der Waals surface area contributed by atoms with E-state index in [1.165, 1.54) is 31.2 Å². The zero-order valence-electron chi connectivity index (χ0n) is 16.1. The average Bonchev–Trinajstić information content (AvgIpc) is 2.65. The maximum atomic E-state index is 12.3. The Morgan fingerprint density at radius 1 is 1.13 bits per heavy atom. The molecule has 2 rings (SSSR count). The Bertz CT molecular complexity index is 1120. The summed E-state index contributed by atoms with van der Waals surface area (Å²) in [7, 11) is -4.46. The second-order valence-electron chi connectivity index (χ2n) is 6.08. The van der Waals surface area contributed by atoms with Crippen LogP contribution < -0.4 is 9.47 Å². The second kappa shape index (κ2) is 10.3. The summed E-state index contributed by atoms with van der Waals surface area (Å²) in [6.45, 7) is 0.893. The molecule has 31 heavy (non-hydrogen) atoms. The lowest BCUT2D eigenvalue weighted by molar-refractivity contribution is -0.763. The van der Waals surface area contributed by atoms with Gasteiger partial charge in [-0.15, -0.1) is 10.1 Å². The van der Waals surface area contributed by atoms with E-state index in [4.69, 9.17) is 14.0 Å². The monoisotopic (exact) mass is 451 g/mol. The molecule has 12 heteroatoms. The Labute approximate surface area is 176 Å². The summed E-state index contributed by atoms with van der Waals surface area (Å²) in [5, 5.41) is 9.85. The van der Waals surface area contributed by atoms with Crippen LogP contribution in [-0.4, -0.2) is 30.0 Å². The molecule has 0 atom stereocenters. The molecule has 0 heterocycles. The molecule has 2 aromatic carbocycles. The molecular formula is C19H17NO10S. The topological polar surface area (TPSA) is 159 Å². The van der Waals surface area contributed by atoms with Crippen LogP contribution >= 0.6 is 0 Å². The first-order valence-corrected chi connectivity index (χ1v) is 10.1. The van der Waals surface area contributed by atoms with Crippen LogP contribution in [0, 0.1) is 10.1 Å². The minimum Gasteiger partial charge on any atom is -0.427 e. The van der Waals surface area contributed by atoms with E-state index in [0.717, 1.165) is 6.08 Å². The van der Waals surface area contributed by atoms with Crippen molar-refractivity contribution in [3.05, 3.63) is 74.7 Å². The first-order valence-electron chi connectivity index (χ1n) is 8.55. The lowest BCUT2D eigenvalue weighted by atomic mass is 10.1. The molecule has 0 aliphatic heterocycles. The van der Waals surface area contributed by atoms with Crippen LogP contribution in [0.2, 0.25) is 0 Å². The van der Waals surface area contributed by atoms with Crippen LogP contribution in [-0.2, 0) is 37.6 Å². The van der Waals surface area contributed by atoms with Crippen LogP contribution in [0.4, 0.5) is 0 Å². The van der Waals surface area contributed by atoms with Crippen molar-refractivity contribution in [1.82, 2.24) is 0 Å². The zero-order chi connectivity index (χ0) is 23.0. The number of nitrogens with zero attached hydrogens (tertiary/aromatic N) is 1. The second-order valence-corrected chi connectivity index (χ2v) is 7.38. The average molecular weight is 451 g/mol. The van der Waals surface area contributed by atoms with Crippen molar-refractivity contribution in [2.75, 3.05) is 0 Å². The van der Waals surface area contributed by atoms with E-state index >= 15 is 0 Å². The lowest BCUT2D eigenvalue weighted by Crippen LogP contribution is -2.12. The Balaban J connectivity index is 2.19. The van der Waals surface area contributed by atoms with Gasteiger partial charge in [0, 0.05) is 12.5 Å². The molecular weight excluding hydrogens is 434 g/mol. The predicted octanol–water partition coefficient (Wildman–Crippen LogP) is 2.33. The van der Waals surface area contributed by atoms with Gasteiger partial charge >= 0.3 is 11.9 Å². The Morgan fingerprint density at radius 3 is 2.48 bits per heavy atom. The molecule has 0 amide bonds. The highest BCUT2D eigenvalue weighted by atomic mass is 32.2. The Hall–Kier alpha value is -3.77. The molecule has 0 radical (unpaired) electrons. The maximum Gasteiger partial charge on any atom is 0.315 e. The Morgan fingerprint density at radius 2 is 1.84 bits per heavy atom. The lowest BCUT2D eigenvalue weighted by Gasteiger charge is -2.10. The van der Waals surface area contributed by atoms with Crippen molar-refractivity contribution in [3.63, 3.8) is 0 Å². The number of ether oxygens (including phenoxy) is 2. The molecule has 164 valence electrons. The van der Waals surface area contributed by atoms with E-state index in [9.17, 15) is 28.1 Å². The van der Waals surface area contributed by atoms with Gasteiger partial charge in [0.25, 0.3) is 15.2 Å². The van der Waals surface area contributed by atoms with Gasteiger partial charge in [0.05, 0.1) is 11.8 Å². The van der Waals surface area contributed by atoms with Crippen LogP contribution in [0.3, 0.4) is 0 Å². The largest absolute Gasteiger partial charge is 0.427 e. The van der Waals surface area contributed by atoms with Gasteiger partial charge in [-0.1, -0.05) is 24.3 Å². The van der Waals surface area contributed by atoms with Crippen molar-refractivity contribution >= 4 is 28.1 Å². The minimum absolute atomic E-state index is 0.0476. The van der Waals surface area contributed by atoms with E-state index in [2.05, 4.69) is 4.84 Å². The van der Waals surface area contributed by atoms with Crippen LogP contribution in [0.5, 0.6) is 11.5 Å². The molecule has 0 fully saturated rings. The van der Waals surface area contributed by atoms with Crippen molar-refractivity contribution in [1.29, 1.82) is 0 Å². The number of carbonyl (C=O) groups excluding carboxylic acids is 2. The summed E-state index contributed by atoms with van der Waals surface area (Å²) in [6.07, 6.45) is 0.778. The molecule has 0 spiro atoms. The molecule has 0 unspecified atom stereocenters. The molecule has 2 aromatic rings. The highest BCUT2D eigenvalue weighted by Crippen LogP contribution is 2.26. The normalized spacial score (nSPS) is 11.2. The number of hydrogen-bond donors (Lipinski definition) is 1. The van der Waals surface area contributed by atoms with Crippen LogP contribution in [0.1, 0.15) is 23.6 Å². The van der Waals surface area contributed by atoms with Crippen LogP contribution in [0.15, 0.2) is 47.9 Å². The van der Waals surface area contributed by atoms with E-state index in [1.807, 2.05) is 0 Å². The summed E-state index contributed by atoms with van der Waals surface area (Å²) >= 11 is 0. The smallest absolute Gasteiger partial charge is 0.315 e. The van der Waals surface area contributed by atoms with Gasteiger partial charge in [0.15, 0.2) is 0 Å². The summed E-state index contributed by atoms with van der Waals surface area (Å²) in [5.41, 5.74) is 1.03. The highest BCUT2D eigenvalue weighted by Gasteiger charge is 2.12. The van der Waals surface area contributed by atoms with Crippen molar-refractivity contribution in [2.24, 2.45) is 0 Å². The van der Waals surface area contributed by atoms with E-state index in [-0.39, 0.29) is 30.1 Å². The van der Waals surface area contributed by atoms with Gasteiger partial charge in [0.2, 0.25) is 0 Å². The fraction of sp³-hybridized carbons (Fsp3) is 0.158. The zero-order valence-corrected chi connectivity index (χ0v) is 16.9. The highest BCUT2D eigenvalue weighted by molar-refractivity contribution is 7.88. The van der Waals surface area contributed by atoms with E-state index in [0.29, 0.717) is 16.5 Å². The van der Waals surface area contributed by atoms with Gasteiger partial charge < -0.3 is 14.3 Å². The molecule has 11 nitrogen and oxygen atoms in total.